The normalized spacial score (nSPS) is 21.6. The first-order chi connectivity index (χ1) is 9.86. The highest BCUT2D eigenvalue weighted by molar-refractivity contribution is 5.48. The SMILES string of the molecule is CNCc1ccc(N2CCN(C3CCCC3)CC2)cc1. The molecule has 0 aromatic heterocycles. The van der Waals surface area contributed by atoms with E-state index in [-0.39, 0.29) is 0 Å². The summed E-state index contributed by atoms with van der Waals surface area (Å²) in [6, 6.07) is 9.93. The van der Waals surface area contributed by atoms with Gasteiger partial charge in [-0.3, -0.25) is 4.90 Å². The molecule has 1 aromatic rings. The summed E-state index contributed by atoms with van der Waals surface area (Å²) in [5, 5.41) is 3.20. The van der Waals surface area contributed by atoms with Crippen LogP contribution in [-0.4, -0.2) is 44.2 Å². The molecule has 1 N–H and O–H groups in total. The summed E-state index contributed by atoms with van der Waals surface area (Å²) in [6.45, 7) is 5.80. The molecule has 1 heterocycles. The summed E-state index contributed by atoms with van der Waals surface area (Å²) in [5.41, 5.74) is 2.75. The van der Waals surface area contributed by atoms with Gasteiger partial charge in [-0.25, -0.2) is 0 Å². The molecule has 0 bridgehead atoms. The highest BCUT2D eigenvalue weighted by Crippen LogP contribution is 2.25. The number of nitrogens with zero attached hydrogens (tertiary/aromatic N) is 2. The predicted molar refractivity (Wildman–Crippen MR) is 85.2 cm³/mol. The van der Waals surface area contributed by atoms with Gasteiger partial charge in [0.05, 0.1) is 0 Å². The van der Waals surface area contributed by atoms with Crippen LogP contribution in [0, 0.1) is 0 Å². The third-order valence-electron chi connectivity index (χ3n) is 4.84. The molecular weight excluding hydrogens is 246 g/mol. The molecule has 20 heavy (non-hydrogen) atoms. The number of hydrogen-bond donors (Lipinski definition) is 1. The van der Waals surface area contributed by atoms with E-state index >= 15 is 0 Å². The van der Waals surface area contributed by atoms with Crippen LogP contribution in [0.5, 0.6) is 0 Å². The first kappa shape index (κ1) is 13.9. The average molecular weight is 273 g/mol. The van der Waals surface area contributed by atoms with Crippen LogP contribution < -0.4 is 10.2 Å². The summed E-state index contributed by atoms with van der Waals surface area (Å²) < 4.78 is 0. The van der Waals surface area contributed by atoms with Gasteiger partial charge in [-0.2, -0.15) is 0 Å². The standard InChI is InChI=1S/C17H27N3/c1-18-14-15-6-8-17(9-7-15)20-12-10-19(11-13-20)16-4-2-3-5-16/h6-9,16,18H,2-5,10-14H2,1H3. The van der Waals surface area contributed by atoms with E-state index < -0.39 is 0 Å². The third-order valence-corrected chi connectivity index (χ3v) is 4.84. The summed E-state index contributed by atoms with van der Waals surface area (Å²) in [4.78, 5) is 5.26. The van der Waals surface area contributed by atoms with E-state index in [9.17, 15) is 0 Å². The van der Waals surface area contributed by atoms with Crippen LogP contribution in [0.25, 0.3) is 0 Å². The molecule has 110 valence electrons. The van der Waals surface area contributed by atoms with Crippen LogP contribution in [0.3, 0.4) is 0 Å². The van der Waals surface area contributed by atoms with Crippen molar-refractivity contribution in [3.63, 3.8) is 0 Å². The Morgan fingerprint density at radius 1 is 1.00 bits per heavy atom. The zero-order valence-corrected chi connectivity index (χ0v) is 12.6. The minimum atomic E-state index is 0.884. The zero-order valence-electron chi connectivity index (χ0n) is 12.6. The van der Waals surface area contributed by atoms with Crippen LogP contribution in [0.4, 0.5) is 5.69 Å². The molecule has 3 heteroatoms. The van der Waals surface area contributed by atoms with Crippen LogP contribution >= 0.6 is 0 Å². The second kappa shape index (κ2) is 6.59. The second-order valence-corrected chi connectivity index (χ2v) is 6.16. The molecule has 1 saturated heterocycles. The average Bonchev–Trinajstić information content (AvgIpc) is 3.03. The predicted octanol–water partition coefficient (Wildman–Crippen LogP) is 2.47. The Hall–Kier alpha value is -1.06. The number of anilines is 1. The fourth-order valence-corrected chi connectivity index (χ4v) is 3.64. The van der Waals surface area contributed by atoms with Crippen molar-refractivity contribution in [2.24, 2.45) is 0 Å². The van der Waals surface area contributed by atoms with Crippen molar-refractivity contribution in [2.45, 2.75) is 38.3 Å². The van der Waals surface area contributed by atoms with Gasteiger partial charge in [-0.1, -0.05) is 25.0 Å². The Balaban J connectivity index is 1.54. The minimum absolute atomic E-state index is 0.884. The zero-order chi connectivity index (χ0) is 13.8. The quantitative estimate of drug-likeness (QED) is 0.909. The maximum atomic E-state index is 3.20. The number of piperazine rings is 1. The van der Waals surface area contributed by atoms with E-state index in [4.69, 9.17) is 0 Å². The molecule has 0 amide bonds. The summed E-state index contributed by atoms with van der Waals surface area (Å²) in [5.74, 6) is 0. The van der Waals surface area contributed by atoms with Gasteiger partial charge in [0.15, 0.2) is 0 Å². The highest BCUT2D eigenvalue weighted by atomic mass is 15.3. The molecule has 2 fully saturated rings. The van der Waals surface area contributed by atoms with E-state index in [1.54, 1.807) is 0 Å². The molecule has 1 aliphatic carbocycles. The molecule has 3 nitrogen and oxygen atoms in total. The molecule has 1 saturated carbocycles. The van der Waals surface area contributed by atoms with Gasteiger partial charge >= 0.3 is 0 Å². The van der Waals surface area contributed by atoms with Crippen molar-refractivity contribution >= 4 is 5.69 Å². The van der Waals surface area contributed by atoms with Crippen molar-refractivity contribution < 1.29 is 0 Å². The Labute approximate surface area is 123 Å². The molecule has 3 rings (SSSR count). The lowest BCUT2D eigenvalue weighted by Crippen LogP contribution is -2.49. The number of nitrogens with one attached hydrogen (secondary N) is 1. The van der Waals surface area contributed by atoms with E-state index in [1.807, 2.05) is 7.05 Å². The lowest BCUT2D eigenvalue weighted by Gasteiger charge is -2.39. The highest BCUT2D eigenvalue weighted by Gasteiger charge is 2.25. The molecule has 1 aromatic carbocycles. The number of rotatable bonds is 4. The van der Waals surface area contributed by atoms with Gasteiger partial charge in [0.2, 0.25) is 0 Å². The van der Waals surface area contributed by atoms with Gasteiger partial charge in [0.1, 0.15) is 0 Å². The van der Waals surface area contributed by atoms with Gasteiger partial charge in [0, 0.05) is 44.5 Å². The first-order valence-corrected chi connectivity index (χ1v) is 8.09. The van der Waals surface area contributed by atoms with Crippen LogP contribution in [0.2, 0.25) is 0 Å². The van der Waals surface area contributed by atoms with Gasteiger partial charge < -0.3 is 10.2 Å². The van der Waals surface area contributed by atoms with E-state index in [0.29, 0.717) is 0 Å². The minimum Gasteiger partial charge on any atom is -0.369 e. The number of benzene rings is 1. The molecule has 0 atom stereocenters. The maximum absolute atomic E-state index is 3.20. The Kier molecular flexibility index (Phi) is 4.58. The second-order valence-electron chi connectivity index (χ2n) is 6.16. The van der Waals surface area contributed by atoms with Crippen LogP contribution in [-0.2, 0) is 6.54 Å². The van der Waals surface area contributed by atoms with Gasteiger partial charge in [0.25, 0.3) is 0 Å². The van der Waals surface area contributed by atoms with Crippen molar-refractivity contribution in [3.05, 3.63) is 29.8 Å². The number of hydrogen-bond acceptors (Lipinski definition) is 3. The van der Waals surface area contributed by atoms with Crippen LogP contribution in [0.15, 0.2) is 24.3 Å². The fourth-order valence-electron chi connectivity index (χ4n) is 3.64. The fraction of sp³-hybridized carbons (Fsp3) is 0.647. The maximum Gasteiger partial charge on any atom is 0.0367 e. The van der Waals surface area contributed by atoms with Crippen molar-refractivity contribution in [3.8, 4) is 0 Å². The van der Waals surface area contributed by atoms with E-state index in [1.165, 1.54) is 63.1 Å². The van der Waals surface area contributed by atoms with Crippen LogP contribution in [0.1, 0.15) is 31.2 Å². The molecule has 0 unspecified atom stereocenters. The largest absolute Gasteiger partial charge is 0.369 e. The van der Waals surface area contributed by atoms with E-state index in [2.05, 4.69) is 39.4 Å². The monoisotopic (exact) mass is 273 g/mol. The molecule has 2 aliphatic rings. The topological polar surface area (TPSA) is 18.5 Å². The van der Waals surface area contributed by atoms with Crippen molar-refractivity contribution in [1.82, 2.24) is 10.2 Å². The van der Waals surface area contributed by atoms with Crippen molar-refractivity contribution in [1.29, 1.82) is 0 Å². The lowest BCUT2D eigenvalue weighted by atomic mass is 10.1. The molecule has 1 aliphatic heterocycles. The van der Waals surface area contributed by atoms with Crippen molar-refractivity contribution in [2.75, 3.05) is 38.1 Å². The Morgan fingerprint density at radius 3 is 2.25 bits per heavy atom. The lowest BCUT2D eigenvalue weighted by molar-refractivity contribution is 0.187. The Morgan fingerprint density at radius 2 is 1.65 bits per heavy atom. The van der Waals surface area contributed by atoms with Gasteiger partial charge in [-0.05, 0) is 37.6 Å². The third kappa shape index (κ3) is 3.15. The Bertz CT molecular complexity index is 401. The smallest absolute Gasteiger partial charge is 0.0367 e. The summed E-state index contributed by atoms with van der Waals surface area (Å²) in [7, 11) is 2.00. The van der Waals surface area contributed by atoms with E-state index in [0.717, 1.165) is 12.6 Å². The summed E-state index contributed by atoms with van der Waals surface area (Å²) >= 11 is 0. The van der Waals surface area contributed by atoms with Gasteiger partial charge in [-0.15, -0.1) is 0 Å². The molecule has 0 spiro atoms. The summed E-state index contributed by atoms with van der Waals surface area (Å²) in [6.07, 6.45) is 5.74. The molecular formula is C17H27N3. The molecule has 0 radical (unpaired) electrons. The first-order valence-electron chi connectivity index (χ1n) is 8.09.